The zero-order valence-corrected chi connectivity index (χ0v) is 20.3. The van der Waals surface area contributed by atoms with Gasteiger partial charge >= 0.3 is 6.03 Å². The van der Waals surface area contributed by atoms with E-state index in [4.69, 9.17) is 4.74 Å². The van der Waals surface area contributed by atoms with Gasteiger partial charge in [0.15, 0.2) is 0 Å². The monoisotopic (exact) mass is 478 g/mol. The Bertz CT molecular complexity index is 1350. The van der Waals surface area contributed by atoms with Gasteiger partial charge in [0.1, 0.15) is 0 Å². The van der Waals surface area contributed by atoms with Gasteiger partial charge < -0.3 is 15.0 Å². The van der Waals surface area contributed by atoms with Gasteiger partial charge in [-0.2, -0.15) is 5.26 Å². The highest BCUT2D eigenvalue weighted by molar-refractivity contribution is 6.02. The van der Waals surface area contributed by atoms with E-state index in [-0.39, 0.29) is 6.03 Å². The molecule has 0 spiro atoms. The summed E-state index contributed by atoms with van der Waals surface area (Å²) in [5, 5.41) is 16.9. The van der Waals surface area contributed by atoms with Gasteiger partial charge in [0.2, 0.25) is 0 Å². The zero-order valence-electron chi connectivity index (χ0n) is 20.3. The van der Waals surface area contributed by atoms with Gasteiger partial charge in [0.25, 0.3) is 0 Å². The first-order valence-corrected chi connectivity index (χ1v) is 12.5. The second-order valence-corrected chi connectivity index (χ2v) is 9.15. The van der Waals surface area contributed by atoms with Crippen LogP contribution in [0.15, 0.2) is 78.9 Å². The van der Waals surface area contributed by atoms with Crippen molar-refractivity contribution in [2.75, 3.05) is 44.7 Å². The van der Waals surface area contributed by atoms with E-state index in [1.54, 1.807) is 18.2 Å². The molecule has 6 nitrogen and oxygen atoms in total. The quantitative estimate of drug-likeness (QED) is 0.350. The number of benzene rings is 4. The second kappa shape index (κ2) is 11.2. The molecule has 0 bridgehead atoms. The van der Waals surface area contributed by atoms with Gasteiger partial charge in [0.05, 0.1) is 24.8 Å². The molecule has 0 atom stereocenters. The van der Waals surface area contributed by atoms with Crippen LogP contribution in [0.2, 0.25) is 0 Å². The Hall–Kier alpha value is -3.92. The van der Waals surface area contributed by atoms with Gasteiger partial charge in [0, 0.05) is 38.4 Å². The Balaban J connectivity index is 1.44. The number of fused-ring (bicyclic) bond motifs is 2. The number of ether oxygens (including phenoxy) is 1. The topological polar surface area (TPSA) is 68.6 Å². The van der Waals surface area contributed by atoms with Crippen LogP contribution < -0.4 is 5.32 Å². The van der Waals surface area contributed by atoms with Gasteiger partial charge in [-0.05, 0) is 57.8 Å². The summed E-state index contributed by atoms with van der Waals surface area (Å²) in [4.78, 5) is 17.9. The summed E-state index contributed by atoms with van der Waals surface area (Å²) in [6.45, 7) is 5.44. The van der Waals surface area contributed by atoms with Gasteiger partial charge in [-0.25, -0.2) is 4.79 Å². The fraction of sp³-hybridized carbons (Fsp3) is 0.267. The molecule has 182 valence electrons. The molecule has 1 saturated heterocycles. The number of nitrogens with zero attached hydrogens (tertiary/aromatic N) is 3. The summed E-state index contributed by atoms with van der Waals surface area (Å²) in [5.41, 5.74) is 2.29. The minimum atomic E-state index is -0.163. The standard InChI is InChI=1S/C30H30N4O2/c31-21-23-7-5-10-26(19-23)32-30(35)34(14-6-13-33-15-17-36-18-16-33)22-29-27-11-3-1-8-24(27)20-25-9-2-4-12-28(25)29/h1-5,7-12,19-20H,6,13-18,22H2,(H,32,35). The third-order valence-corrected chi connectivity index (χ3v) is 6.77. The van der Waals surface area contributed by atoms with Crippen LogP contribution in [-0.4, -0.2) is 55.2 Å². The largest absolute Gasteiger partial charge is 0.379 e. The number of carbonyl (C=O) groups is 1. The lowest BCUT2D eigenvalue weighted by molar-refractivity contribution is 0.0365. The zero-order chi connectivity index (χ0) is 24.7. The summed E-state index contributed by atoms with van der Waals surface area (Å²) in [5.74, 6) is 0. The number of amides is 2. The molecule has 1 aliphatic rings. The SMILES string of the molecule is N#Cc1cccc(NC(=O)N(CCCN2CCOCC2)Cc2c3ccccc3cc3ccccc23)c1. The lowest BCUT2D eigenvalue weighted by Gasteiger charge is -2.29. The number of hydrogen-bond donors (Lipinski definition) is 1. The van der Waals surface area contributed by atoms with Crippen molar-refractivity contribution in [3.05, 3.63) is 90.0 Å². The van der Waals surface area contributed by atoms with E-state index in [1.807, 2.05) is 11.0 Å². The van der Waals surface area contributed by atoms with Crippen molar-refractivity contribution < 1.29 is 9.53 Å². The highest BCUT2D eigenvalue weighted by Gasteiger charge is 2.19. The van der Waals surface area contributed by atoms with Crippen LogP contribution >= 0.6 is 0 Å². The molecule has 0 saturated carbocycles. The molecule has 36 heavy (non-hydrogen) atoms. The van der Waals surface area contributed by atoms with Crippen molar-refractivity contribution in [3.63, 3.8) is 0 Å². The second-order valence-electron chi connectivity index (χ2n) is 9.15. The number of anilines is 1. The Morgan fingerprint density at radius 3 is 2.33 bits per heavy atom. The van der Waals surface area contributed by atoms with E-state index < -0.39 is 0 Å². The molecule has 4 aromatic carbocycles. The molecule has 0 aliphatic carbocycles. The Morgan fingerprint density at radius 1 is 0.944 bits per heavy atom. The summed E-state index contributed by atoms with van der Waals surface area (Å²) >= 11 is 0. The first kappa shape index (κ1) is 23.8. The molecule has 0 aromatic heterocycles. The Morgan fingerprint density at radius 2 is 1.64 bits per heavy atom. The molecule has 2 amide bonds. The van der Waals surface area contributed by atoms with Crippen LogP contribution in [0.3, 0.4) is 0 Å². The normalized spacial score (nSPS) is 14.0. The molecule has 1 N–H and O–H groups in total. The number of hydrogen-bond acceptors (Lipinski definition) is 4. The number of carbonyl (C=O) groups excluding carboxylic acids is 1. The van der Waals surface area contributed by atoms with E-state index in [1.165, 1.54) is 10.8 Å². The highest BCUT2D eigenvalue weighted by Crippen LogP contribution is 2.30. The van der Waals surface area contributed by atoms with Crippen LogP contribution in [-0.2, 0) is 11.3 Å². The molecule has 6 heteroatoms. The van der Waals surface area contributed by atoms with Crippen molar-refractivity contribution in [2.45, 2.75) is 13.0 Å². The molecular weight excluding hydrogens is 448 g/mol. The maximum absolute atomic E-state index is 13.6. The predicted octanol–water partition coefficient (Wildman–Crippen LogP) is 5.62. The van der Waals surface area contributed by atoms with E-state index in [0.29, 0.717) is 24.3 Å². The van der Waals surface area contributed by atoms with Crippen LogP contribution in [0.4, 0.5) is 10.5 Å². The van der Waals surface area contributed by atoms with Gasteiger partial charge in [-0.15, -0.1) is 0 Å². The number of nitriles is 1. The highest BCUT2D eigenvalue weighted by atomic mass is 16.5. The van der Waals surface area contributed by atoms with Crippen LogP contribution in [0.25, 0.3) is 21.5 Å². The maximum Gasteiger partial charge on any atom is 0.322 e. The van der Waals surface area contributed by atoms with Crippen LogP contribution in [0.1, 0.15) is 17.5 Å². The van der Waals surface area contributed by atoms with Crippen molar-refractivity contribution in [2.24, 2.45) is 0 Å². The summed E-state index contributed by atoms with van der Waals surface area (Å²) in [6, 6.07) is 28.0. The Labute approximate surface area is 211 Å². The molecule has 4 aromatic rings. The average molecular weight is 479 g/mol. The number of urea groups is 1. The van der Waals surface area contributed by atoms with Crippen molar-refractivity contribution in [3.8, 4) is 6.07 Å². The fourth-order valence-electron chi connectivity index (χ4n) is 4.90. The van der Waals surface area contributed by atoms with Crippen LogP contribution in [0, 0.1) is 11.3 Å². The number of nitrogens with one attached hydrogen (secondary N) is 1. The van der Waals surface area contributed by atoms with E-state index in [9.17, 15) is 10.1 Å². The molecule has 0 unspecified atom stereocenters. The van der Waals surface area contributed by atoms with E-state index in [2.05, 4.69) is 70.9 Å². The molecular formula is C30H30N4O2. The smallest absolute Gasteiger partial charge is 0.322 e. The average Bonchev–Trinajstić information content (AvgIpc) is 2.92. The van der Waals surface area contributed by atoms with Gasteiger partial charge in [-0.1, -0.05) is 54.6 Å². The number of morpholine rings is 1. The van der Waals surface area contributed by atoms with E-state index >= 15 is 0 Å². The molecule has 1 fully saturated rings. The summed E-state index contributed by atoms with van der Waals surface area (Å²) in [7, 11) is 0. The van der Waals surface area contributed by atoms with Crippen molar-refractivity contribution in [1.82, 2.24) is 9.80 Å². The minimum absolute atomic E-state index is 0.163. The predicted molar refractivity (Wildman–Crippen MR) is 144 cm³/mol. The van der Waals surface area contributed by atoms with Crippen molar-refractivity contribution in [1.29, 1.82) is 5.26 Å². The first-order chi connectivity index (χ1) is 17.7. The van der Waals surface area contributed by atoms with Crippen LogP contribution in [0.5, 0.6) is 0 Å². The minimum Gasteiger partial charge on any atom is -0.379 e. The third kappa shape index (κ3) is 5.49. The Kier molecular flexibility index (Phi) is 7.41. The first-order valence-electron chi connectivity index (χ1n) is 12.5. The fourth-order valence-corrected chi connectivity index (χ4v) is 4.90. The molecule has 1 heterocycles. The maximum atomic E-state index is 13.6. The van der Waals surface area contributed by atoms with E-state index in [0.717, 1.165) is 55.6 Å². The molecule has 0 radical (unpaired) electrons. The summed E-state index contributed by atoms with van der Waals surface area (Å²) < 4.78 is 5.47. The lowest BCUT2D eigenvalue weighted by atomic mass is 9.96. The lowest BCUT2D eigenvalue weighted by Crippen LogP contribution is -2.40. The van der Waals surface area contributed by atoms with Crippen molar-refractivity contribution >= 4 is 33.3 Å². The summed E-state index contributed by atoms with van der Waals surface area (Å²) in [6.07, 6.45) is 0.869. The third-order valence-electron chi connectivity index (χ3n) is 6.77. The van der Waals surface area contributed by atoms with Gasteiger partial charge in [-0.3, -0.25) is 4.90 Å². The number of rotatable bonds is 7. The molecule has 1 aliphatic heterocycles. The molecule has 5 rings (SSSR count).